The SMILES string of the molecule is O=C(Nc1cccc(F)c1)Nc1ccc(Cl)cn1. The summed E-state index contributed by atoms with van der Waals surface area (Å²) in [7, 11) is 0. The molecule has 2 rings (SSSR count). The molecule has 0 unspecified atom stereocenters. The van der Waals surface area contributed by atoms with E-state index in [1.807, 2.05) is 0 Å². The van der Waals surface area contributed by atoms with Crippen LogP contribution in [0.25, 0.3) is 0 Å². The lowest BCUT2D eigenvalue weighted by molar-refractivity contribution is 0.262. The van der Waals surface area contributed by atoms with Crippen molar-refractivity contribution in [3.05, 3.63) is 53.4 Å². The summed E-state index contributed by atoms with van der Waals surface area (Å²) < 4.78 is 12.9. The minimum absolute atomic E-state index is 0.355. The lowest BCUT2D eigenvalue weighted by Crippen LogP contribution is -2.20. The molecule has 0 aliphatic carbocycles. The van der Waals surface area contributed by atoms with E-state index in [9.17, 15) is 9.18 Å². The number of carbonyl (C=O) groups is 1. The third-order valence-corrected chi connectivity index (χ3v) is 2.28. The summed E-state index contributed by atoms with van der Waals surface area (Å²) >= 11 is 5.66. The number of anilines is 2. The van der Waals surface area contributed by atoms with E-state index < -0.39 is 11.8 Å². The van der Waals surface area contributed by atoms with Gasteiger partial charge in [0.05, 0.1) is 5.02 Å². The van der Waals surface area contributed by atoms with Gasteiger partial charge in [0.1, 0.15) is 11.6 Å². The maximum Gasteiger partial charge on any atom is 0.324 e. The van der Waals surface area contributed by atoms with Gasteiger partial charge in [0.2, 0.25) is 0 Å². The number of nitrogens with one attached hydrogen (secondary N) is 2. The van der Waals surface area contributed by atoms with Crippen molar-refractivity contribution in [2.45, 2.75) is 0 Å². The topological polar surface area (TPSA) is 54.0 Å². The quantitative estimate of drug-likeness (QED) is 0.873. The average molecular weight is 266 g/mol. The van der Waals surface area contributed by atoms with E-state index in [-0.39, 0.29) is 0 Å². The highest BCUT2D eigenvalue weighted by atomic mass is 35.5. The first-order valence-electron chi connectivity index (χ1n) is 5.08. The van der Waals surface area contributed by atoms with Crippen LogP contribution < -0.4 is 10.6 Å². The Hall–Kier alpha value is -2.14. The van der Waals surface area contributed by atoms with Crippen molar-refractivity contribution in [1.82, 2.24) is 4.98 Å². The van der Waals surface area contributed by atoms with E-state index in [2.05, 4.69) is 15.6 Å². The van der Waals surface area contributed by atoms with Gasteiger partial charge in [-0.3, -0.25) is 5.32 Å². The van der Waals surface area contributed by atoms with E-state index in [1.54, 1.807) is 18.2 Å². The molecule has 0 spiro atoms. The predicted molar refractivity (Wildman–Crippen MR) is 68.3 cm³/mol. The number of benzene rings is 1. The maximum absolute atomic E-state index is 12.9. The Balaban J connectivity index is 1.98. The normalized spacial score (nSPS) is 9.89. The minimum Gasteiger partial charge on any atom is -0.308 e. The molecule has 0 atom stereocenters. The number of urea groups is 1. The maximum atomic E-state index is 12.9. The summed E-state index contributed by atoms with van der Waals surface area (Å²) in [5, 5.41) is 5.46. The van der Waals surface area contributed by atoms with Crippen LogP contribution in [0.1, 0.15) is 0 Å². The van der Waals surface area contributed by atoms with Gasteiger partial charge in [0.15, 0.2) is 0 Å². The molecular weight excluding hydrogens is 257 g/mol. The van der Waals surface area contributed by atoms with E-state index >= 15 is 0 Å². The number of aromatic nitrogens is 1. The second kappa shape index (κ2) is 5.46. The molecule has 92 valence electrons. The summed E-state index contributed by atoms with van der Waals surface area (Å²) in [4.78, 5) is 15.5. The van der Waals surface area contributed by atoms with Crippen LogP contribution in [0.15, 0.2) is 42.6 Å². The number of carbonyl (C=O) groups excluding carboxylic acids is 1. The van der Waals surface area contributed by atoms with Crippen molar-refractivity contribution in [2.24, 2.45) is 0 Å². The number of hydrogen-bond acceptors (Lipinski definition) is 2. The van der Waals surface area contributed by atoms with Crippen LogP contribution >= 0.6 is 11.6 Å². The van der Waals surface area contributed by atoms with Gasteiger partial charge in [-0.25, -0.2) is 14.2 Å². The van der Waals surface area contributed by atoms with Crippen LogP contribution in [0, 0.1) is 5.82 Å². The summed E-state index contributed by atoms with van der Waals surface area (Å²) in [6.07, 6.45) is 1.42. The number of halogens is 2. The number of nitrogens with zero attached hydrogens (tertiary/aromatic N) is 1. The fraction of sp³-hybridized carbons (Fsp3) is 0. The summed E-state index contributed by atoms with van der Waals surface area (Å²) in [6, 6.07) is 8.26. The molecular formula is C12H9ClFN3O. The first kappa shape index (κ1) is 12.3. The van der Waals surface area contributed by atoms with Crippen LogP contribution in [-0.4, -0.2) is 11.0 Å². The fourth-order valence-electron chi connectivity index (χ4n) is 1.29. The van der Waals surface area contributed by atoms with Gasteiger partial charge in [0, 0.05) is 11.9 Å². The van der Waals surface area contributed by atoms with Gasteiger partial charge in [-0.1, -0.05) is 17.7 Å². The molecule has 0 radical (unpaired) electrons. The Labute approximate surface area is 108 Å². The fourth-order valence-corrected chi connectivity index (χ4v) is 1.41. The van der Waals surface area contributed by atoms with Crippen LogP contribution in [0.4, 0.5) is 20.7 Å². The Morgan fingerprint density at radius 2 is 2.06 bits per heavy atom. The van der Waals surface area contributed by atoms with Gasteiger partial charge in [-0.2, -0.15) is 0 Å². The van der Waals surface area contributed by atoms with E-state index in [0.717, 1.165) is 0 Å². The zero-order valence-electron chi connectivity index (χ0n) is 9.15. The molecule has 1 heterocycles. The zero-order chi connectivity index (χ0) is 13.0. The number of amides is 2. The summed E-state index contributed by atoms with van der Waals surface area (Å²) in [6.45, 7) is 0. The van der Waals surface area contributed by atoms with E-state index in [1.165, 1.54) is 24.4 Å². The summed E-state index contributed by atoms with van der Waals surface area (Å²) in [5.41, 5.74) is 0.362. The molecule has 1 aromatic carbocycles. The molecule has 0 aliphatic rings. The van der Waals surface area contributed by atoms with E-state index in [0.29, 0.717) is 16.5 Å². The first-order valence-corrected chi connectivity index (χ1v) is 5.46. The molecule has 1 aromatic heterocycles. The number of hydrogen-bond donors (Lipinski definition) is 2. The molecule has 2 N–H and O–H groups in total. The van der Waals surface area contributed by atoms with Gasteiger partial charge in [-0.05, 0) is 30.3 Å². The first-order chi connectivity index (χ1) is 8.63. The van der Waals surface area contributed by atoms with Gasteiger partial charge >= 0.3 is 6.03 Å². The van der Waals surface area contributed by atoms with Crippen molar-refractivity contribution < 1.29 is 9.18 Å². The van der Waals surface area contributed by atoms with Crippen molar-refractivity contribution in [1.29, 1.82) is 0 Å². The van der Waals surface area contributed by atoms with Crippen LogP contribution in [0.5, 0.6) is 0 Å². The van der Waals surface area contributed by atoms with Crippen molar-refractivity contribution in [3.8, 4) is 0 Å². The van der Waals surface area contributed by atoms with Crippen molar-refractivity contribution in [3.63, 3.8) is 0 Å². The lowest BCUT2D eigenvalue weighted by atomic mass is 10.3. The summed E-state index contributed by atoms with van der Waals surface area (Å²) in [5.74, 6) is -0.0641. The van der Waals surface area contributed by atoms with Gasteiger partial charge in [-0.15, -0.1) is 0 Å². The number of pyridine rings is 1. The Morgan fingerprint density at radius 1 is 1.22 bits per heavy atom. The molecule has 0 saturated carbocycles. The molecule has 0 bridgehead atoms. The van der Waals surface area contributed by atoms with Crippen molar-refractivity contribution in [2.75, 3.05) is 10.6 Å². The molecule has 2 amide bonds. The lowest BCUT2D eigenvalue weighted by Gasteiger charge is -2.06. The standard InChI is InChI=1S/C12H9ClFN3O/c13-8-4-5-11(15-7-8)17-12(18)16-10-3-1-2-9(14)6-10/h1-7H,(H2,15,16,17,18). The third kappa shape index (κ3) is 3.43. The predicted octanol–water partition coefficient (Wildman–Crippen LogP) is 3.52. The molecule has 18 heavy (non-hydrogen) atoms. The van der Waals surface area contributed by atoms with Gasteiger partial charge in [0.25, 0.3) is 0 Å². The largest absolute Gasteiger partial charge is 0.324 e. The zero-order valence-corrected chi connectivity index (χ0v) is 9.91. The number of rotatable bonds is 2. The second-order valence-corrected chi connectivity index (χ2v) is 3.89. The van der Waals surface area contributed by atoms with Gasteiger partial charge < -0.3 is 5.32 Å². The average Bonchev–Trinajstić information content (AvgIpc) is 2.32. The Morgan fingerprint density at radius 3 is 2.72 bits per heavy atom. The highest BCUT2D eigenvalue weighted by Crippen LogP contribution is 2.11. The Kier molecular flexibility index (Phi) is 3.74. The van der Waals surface area contributed by atoms with Crippen LogP contribution in [0.2, 0.25) is 5.02 Å². The third-order valence-electron chi connectivity index (χ3n) is 2.05. The molecule has 4 nitrogen and oxygen atoms in total. The monoisotopic (exact) mass is 265 g/mol. The second-order valence-electron chi connectivity index (χ2n) is 3.45. The highest BCUT2D eigenvalue weighted by Gasteiger charge is 2.03. The Bertz CT molecular complexity index is 560. The molecule has 6 heteroatoms. The van der Waals surface area contributed by atoms with Crippen LogP contribution in [0.3, 0.4) is 0 Å². The molecule has 0 fully saturated rings. The highest BCUT2D eigenvalue weighted by molar-refractivity contribution is 6.30. The van der Waals surface area contributed by atoms with E-state index in [4.69, 9.17) is 11.6 Å². The molecule has 0 aliphatic heterocycles. The molecule has 0 saturated heterocycles. The molecule has 2 aromatic rings. The van der Waals surface area contributed by atoms with Crippen LogP contribution in [-0.2, 0) is 0 Å². The van der Waals surface area contributed by atoms with Crippen molar-refractivity contribution >= 4 is 29.1 Å². The smallest absolute Gasteiger partial charge is 0.308 e. The minimum atomic E-state index is -0.504.